The van der Waals surface area contributed by atoms with Crippen LogP contribution in [0, 0.1) is 16.7 Å². The fraction of sp³-hybridized carbons (Fsp3) is 0.538. The SMILES string of the molecule is CC(C)(C#N)CCO/N=C1\c2cc(OC3CCC(N)CC3)ccc2-c2ncnc(N)c2C1(C)C. The molecule has 1 fully saturated rings. The van der Waals surface area contributed by atoms with E-state index >= 15 is 0 Å². The number of nitrogens with zero attached hydrogens (tertiary/aromatic N) is 4. The summed E-state index contributed by atoms with van der Waals surface area (Å²) in [7, 11) is 0. The molecule has 8 nitrogen and oxygen atoms in total. The Hall–Kier alpha value is -3.18. The summed E-state index contributed by atoms with van der Waals surface area (Å²) in [6.45, 7) is 8.21. The van der Waals surface area contributed by atoms with E-state index in [0.29, 0.717) is 18.8 Å². The number of anilines is 1. The molecule has 34 heavy (non-hydrogen) atoms. The molecular formula is C26H34N6O2. The quantitative estimate of drug-likeness (QED) is 0.482. The Morgan fingerprint density at radius 3 is 2.62 bits per heavy atom. The fourth-order valence-electron chi connectivity index (χ4n) is 4.70. The molecule has 0 atom stereocenters. The van der Waals surface area contributed by atoms with Crippen molar-refractivity contribution >= 4 is 11.5 Å². The van der Waals surface area contributed by atoms with Crippen molar-refractivity contribution in [2.45, 2.75) is 77.4 Å². The van der Waals surface area contributed by atoms with Crippen LogP contribution in [-0.4, -0.2) is 34.4 Å². The molecule has 1 aromatic carbocycles. The predicted molar refractivity (Wildman–Crippen MR) is 132 cm³/mol. The number of oxime groups is 1. The zero-order valence-corrected chi connectivity index (χ0v) is 20.5. The van der Waals surface area contributed by atoms with E-state index < -0.39 is 10.8 Å². The van der Waals surface area contributed by atoms with Crippen LogP contribution in [0.1, 0.15) is 70.9 Å². The maximum Gasteiger partial charge on any atom is 0.131 e. The summed E-state index contributed by atoms with van der Waals surface area (Å²) in [6.07, 6.45) is 6.08. The van der Waals surface area contributed by atoms with Crippen molar-refractivity contribution in [2.75, 3.05) is 12.3 Å². The molecule has 0 amide bonds. The monoisotopic (exact) mass is 462 g/mol. The Balaban J connectivity index is 1.70. The van der Waals surface area contributed by atoms with Gasteiger partial charge in [0.15, 0.2) is 0 Å². The van der Waals surface area contributed by atoms with Gasteiger partial charge in [0.05, 0.1) is 29.0 Å². The van der Waals surface area contributed by atoms with E-state index in [1.807, 2.05) is 45.9 Å². The average Bonchev–Trinajstić information content (AvgIpc) is 2.79. The van der Waals surface area contributed by atoms with Crippen LogP contribution in [0.5, 0.6) is 5.75 Å². The molecule has 8 heteroatoms. The van der Waals surface area contributed by atoms with Crippen LogP contribution in [-0.2, 0) is 10.3 Å². The van der Waals surface area contributed by atoms with Crippen molar-refractivity contribution in [3.63, 3.8) is 0 Å². The van der Waals surface area contributed by atoms with E-state index in [2.05, 4.69) is 21.2 Å². The Morgan fingerprint density at radius 2 is 1.91 bits per heavy atom. The normalized spacial score (nSPS) is 22.4. The molecular weight excluding hydrogens is 428 g/mol. The van der Waals surface area contributed by atoms with Gasteiger partial charge in [0.1, 0.15) is 24.5 Å². The Kier molecular flexibility index (Phi) is 6.50. The van der Waals surface area contributed by atoms with Gasteiger partial charge < -0.3 is 21.0 Å². The highest BCUT2D eigenvalue weighted by molar-refractivity contribution is 6.15. The van der Waals surface area contributed by atoms with Gasteiger partial charge in [-0.15, -0.1) is 0 Å². The second-order valence-electron chi connectivity index (χ2n) is 10.5. The number of hydrogen-bond donors (Lipinski definition) is 2. The number of nitrogen functional groups attached to an aromatic ring is 1. The topological polar surface area (TPSA) is 132 Å². The third kappa shape index (κ3) is 4.71. The van der Waals surface area contributed by atoms with Gasteiger partial charge in [0, 0.05) is 34.6 Å². The fourth-order valence-corrected chi connectivity index (χ4v) is 4.70. The molecule has 0 aliphatic heterocycles. The first-order valence-corrected chi connectivity index (χ1v) is 11.9. The molecule has 0 unspecified atom stereocenters. The van der Waals surface area contributed by atoms with E-state index in [-0.39, 0.29) is 12.1 Å². The van der Waals surface area contributed by atoms with Gasteiger partial charge in [0.25, 0.3) is 0 Å². The van der Waals surface area contributed by atoms with Gasteiger partial charge in [-0.1, -0.05) is 5.16 Å². The minimum Gasteiger partial charge on any atom is -0.490 e. The third-order valence-corrected chi connectivity index (χ3v) is 6.89. The molecule has 1 aromatic heterocycles. The largest absolute Gasteiger partial charge is 0.490 e. The number of nitriles is 1. The van der Waals surface area contributed by atoms with E-state index in [1.54, 1.807) is 0 Å². The van der Waals surface area contributed by atoms with Gasteiger partial charge in [-0.3, -0.25) is 0 Å². The summed E-state index contributed by atoms with van der Waals surface area (Å²) in [6, 6.07) is 8.57. The minimum atomic E-state index is -0.589. The molecule has 4 N–H and O–H groups in total. The van der Waals surface area contributed by atoms with Crippen LogP contribution in [0.3, 0.4) is 0 Å². The smallest absolute Gasteiger partial charge is 0.131 e. The number of rotatable bonds is 6. The number of aromatic nitrogens is 2. The maximum absolute atomic E-state index is 9.28. The standard InChI is InChI=1S/C26H34N6O2/c1-25(2,14-27)11-12-33-32-23-20-13-18(34-17-7-5-16(28)6-8-17)9-10-19(20)22-21(26(23,3)4)24(29)31-15-30-22/h9-10,13,15-17H,5-8,11-12,28H2,1-4H3,(H2,29,30,31)/b32-23+. The zero-order chi connectivity index (χ0) is 24.5. The lowest BCUT2D eigenvalue weighted by Gasteiger charge is -2.35. The van der Waals surface area contributed by atoms with Gasteiger partial charge >= 0.3 is 0 Å². The summed E-state index contributed by atoms with van der Waals surface area (Å²) < 4.78 is 6.34. The summed E-state index contributed by atoms with van der Waals surface area (Å²) >= 11 is 0. The molecule has 0 spiro atoms. The molecule has 1 heterocycles. The number of hydrogen-bond acceptors (Lipinski definition) is 8. The molecule has 2 aliphatic rings. The van der Waals surface area contributed by atoms with Gasteiger partial charge in [-0.2, -0.15) is 5.26 Å². The highest BCUT2D eigenvalue weighted by atomic mass is 16.6. The highest BCUT2D eigenvalue weighted by Gasteiger charge is 2.41. The van der Waals surface area contributed by atoms with Crippen molar-refractivity contribution in [2.24, 2.45) is 16.3 Å². The molecule has 1 saturated carbocycles. The number of nitrogens with two attached hydrogens (primary N) is 2. The van der Waals surface area contributed by atoms with Crippen LogP contribution in [0.4, 0.5) is 5.82 Å². The molecule has 180 valence electrons. The van der Waals surface area contributed by atoms with E-state index in [1.165, 1.54) is 6.33 Å². The van der Waals surface area contributed by atoms with Crippen molar-refractivity contribution < 1.29 is 9.57 Å². The maximum atomic E-state index is 9.28. The lowest BCUT2D eigenvalue weighted by Crippen LogP contribution is -2.36. The lowest BCUT2D eigenvalue weighted by atomic mass is 9.70. The Labute approximate surface area is 201 Å². The summed E-state index contributed by atoms with van der Waals surface area (Å²) in [5.41, 5.74) is 15.5. The van der Waals surface area contributed by atoms with Crippen molar-refractivity contribution in [1.29, 1.82) is 5.26 Å². The number of benzene rings is 1. The summed E-state index contributed by atoms with van der Waals surface area (Å²) in [5, 5.41) is 13.9. The first-order chi connectivity index (χ1) is 16.1. The summed E-state index contributed by atoms with van der Waals surface area (Å²) in [4.78, 5) is 14.6. The molecule has 0 radical (unpaired) electrons. The van der Waals surface area contributed by atoms with Crippen LogP contribution in [0.15, 0.2) is 29.7 Å². The third-order valence-electron chi connectivity index (χ3n) is 6.89. The van der Waals surface area contributed by atoms with Crippen LogP contribution >= 0.6 is 0 Å². The highest BCUT2D eigenvalue weighted by Crippen LogP contribution is 2.45. The van der Waals surface area contributed by atoms with Crippen molar-refractivity contribution in [3.05, 3.63) is 35.7 Å². The first-order valence-electron chi connectivity index (χ1n) is 11.9. The first kappa shape index (κ1) is 24.0. The average molecular weight is 463 g/mol. The molecule has 2 aliphatic carbocycles. The lowest BCUT2D eigenvalue weighted by molar-refractivity contribution is 0.122. The number of fused-ring (bicyclic) bond motifs is 3. The zero-order valence-electron chi connectivity index (χ0n) is 20.5. The number of ether oxygens (including phenoxy) is 1. The van der Waals surface area contributed by atoms with Gasteiger partial charge in [-0.25, -0.2) is 9.97 Å². The molecule has 2 aromatic rings. The molecule has 0 bridgehead atoms. The van der Waals surface area contributed by atoms with Gasteiger partial charge in [-0.05, 0) is 71.6 Å². The second-order valence-corrected chi connectivity index (χ2v) is 10.5. The molecule has 0 saturated heterocycles. The van der Waals surface area contributed by atoms with E-state index in [4.69, 9.17) is 21.0 Å². The van der Waals surface area contributed by atoms with Gasteiger partial charge in [0.2, 0.25) is 0 Å². The van der Waals surface area contributed by atoms with Crippen LogP contribution < -0.4 is 16.2 Å². The Morgan fingerprint density at radius 1 is 1.18 bits per heavy atom. The molecule has 4 rings (SSSR count). The predicted octanol–water partition coefficient (Wildman–Crippen LogP) is 4.33. The van der Waals surface area contributed by atoms with Crippen LogP contribution in [0.25, 0.3) is 11.3 Å². The van der Waals surface area contributed by atoms with Crippen molar-refractivity contribution in [1.82, 2.24) is 9.97 Å². The Bertz CT molecular complexity index is 1130. The summed E-state index contributed by atoms with van der Waals surface area (Å²) in [5.74, 6) is 1.22. The minimum absolute atomic E-state index is 0.157. The van der Waals surface area contributed by atoms with Crippen LogP contribution in [0.2, 0.25) is 0 Å². The second kappa shape index (κ2) is 9.22. The van der Waals surface area contributed by atoms with E-state index in [0.717, 1.165) is 59.5 Å². The van der Waals surface area contributed by atoms with Crippen molar-refractivity contribution in [3.8, 4) is 23.1 Å². The van der Waals surface area contributed by atoms with E-state index in [9.17, 15) is 5.26 Å².